The van der Waals surface area contributed by atoms with Crippen LogP contribution in [0.2, 0.25) is 0 Å². The SMILES string of the molecule is CC(C)(C)NC(=O)c1cccc(S(=O)(=O)Nc2ccc(F)c(F)c2)c1. The average Bonchev–Trinajstić information content (AvgIpc) is 2.49. The first-order valence-electron chi connectivity index (χ1n) is 7.38. The van der Waals surface area contributed by atoms with E-state index >= 15 is 0 Å². The Labute approximate surface area is 145 Å². The lowest BCUT2D eigenvalue weighted by Crippen LogP contribution is -2.40. The standard InChI is InChI=1S/C17H18F2N2O3S/c1-17(2,3)20-16(22)11-5-4-6-13(9-11)25(23,24)21-12-7-8-14(18)15(19)10-12/h4-10,21H,1-3H3,(H,20,22). The third-order valence-corrected chi connectivity index (χ3v) is 4.45. The lowest BCUT2D eigenvalue weighted by molar-refractivity contribution is 0.0919. The molecule has 1 amide bonds. The zero-order valence-corrected chi connectivity index (χ0v) is 14.7. The van der Waals surface area contributed by atoms with Gasteiger partial charge in [0.05, 0.1) is 10.6 Å². The van der Waals surface area contributed by atoms with E-state index in [0.29, 0.717) is 0 Å². The predicted octanol–water partition coefficient (Wildman–Crippen LogP) is 3.29. The zero-order valence-electron chi connectivity index (χ0n) is 13.9. The molecule has 0 radical (unpaired) electrons. The van der Waals surface area contributed by atoms with Crippen LogP contribution in [0.4, 0.5) is 14.5 Å². The Morgan fingerprint density at radius 2 is 1.68 bits per heavy atom. The van der Waals surface area contributed by atoms with Gasteiger partial charge >= 0.3 is 0 Å². The Balaban J connectivity index is 2.29. The van der Waals surface area contributed by atoms with Gasteiger partial charge in [0.15, 0.2) is 11.6 Å². The van der Waals surface area contributed by atoms with Gasteiger partial charge in [0, 0.05) is 17.2 Å². The van der Waals surface area contributed by atoms with Crippen LogP contribution in [0.3, 0.4) is 0 Å². The molecule has 0 bridgehead atoms. The fourth-order valence-electron chi connectivity index (χ4n) is 1.99. The van der Waals surface area contributed by atoms with Crippen molar-refractivity contribution in [2.24, 2.45) is 0 Å². The van der Waals surface area contributed by atoms with Crippen LogP contribution in [0.1, 0.15) is 31.1 Å². The molecule has 2 aromatic carbocycles. The second-order valence-corrected chi connectivity index (χ2v) is 8.15. The molecule has 0 aromatic heterocycles. The number of halogens is 2. The Morgan fingerprint density at radius 1 is 1.00 bits per heavy atom. The lowest BCUT2D eigenvalue weighted by Gasteiger charge is -2.20. The van der Waals surface area contributed by atoms with Crippen LogP contribution in [0.25, 0.3) is 0 Å². The summed E-state index contributed by atoms with van der Waals surface area (Å²) in [6.45, 7) is 5.41. The van der Waals surface area contributed by atoms with Crippen LogP contribution in [0.15, 0.2) is 47.4 Å². The Morgan fingerprint density at radius 3 is 2.28 bits per heavy atom. The molecule has 0 aliphatic rings. The van der Waals surface area contributed by atoms with Crippen molar-refractivity contribution in [2.45, 2.75) is 31.2 Å². The lowest BCUT2D eigenvalue weighted by atomic mass is 10.1. The van der Waals surface area contributed by atoms with Gasteiger partial charge in [-0.15, -0.1) is 0 Å². The maximum absolute atomic E-state index is 13.2. The van der Waals surface area contributed by atoms with Crippen LogP contribution in [0, 0.1) is 11.6 Å². The Hall–Kier alpha value is -2.48. The van der Waals surface area contributed by atoms with E-state index in [2.05, 4.69) is 10.0 Å². The van der Waals surface area contributed by atoms with Crippen molar-refractivity contribution in [3.8, 4) is 0 Å². The summed E-state index contributed by atoms with van der Waals surface area (Å²) in [4.78, 5) is 12.0. The molecular formula is C17H18F2N2O3S. The summed E-state index contributed by atoms with van der Waals surface area (Å²) in [7, 11) is -4.06. The molecule has 134 valence electrons. The smallest absolute Gasteiger partial charge is 0.261 e. The van der Waals surface area contributed by atoms with Crippen molar-refractivity contribution in [1.82, 2.24) is 5.32 Å². The first kappa shape index (κ1) is 18.9. The monoisotopic (exact) mass is 368 g/mol. The highest BCUT2D eigenvalue weighted by molar-refractivity contribution is 7.92. The Kier molecular flexibility index (Phi) is 5.12. The number of carbonyl (C=O) groups excluding carboxylic acids is 1. The van der Waals surface area contributed by atoms with Gasteiger partial charge in [-0.2, -0.15) is 0 Å². The van der Waals surface area contributed by atoms with Gasteiger partial charge in [-0.3, -0.25) is 9.52 Å². The first-order chi connectivity index (χ1) is 11.5. The average molecular weight is 368 g/mol. The molecule has 0 spiro atoms. The minimum atomic E-state index is -4.06. The summed E-state index contributed by atoms with van der Waals surface area (Å²) in [6, 6.07) is 8.09. The molecule has 0 unspecified atom stereocenters. The van der Waals surface area contributed by atoms with Crippen molar-refractivity contribution in [3.05, 3.63) is 59.7 Å². The number of hydrogen-bond acceptors (Lipinski definition) is 3. The molecule has 0 heterocycles. The number of nitrogens with one attached hydrogen (secondary N) is 2. The Bertz CT molecular complexity index is 906. The molecule has 2 aromatic rings. The highest BCUT2D eigenvalue weighted by Crippen LogP contribution is 2.19. The fraction of sp³-hybridized carbons (Fsp3) is 0.235. The van der Waals surface area contributed by atoms with Gasteiger partial charge in [-0.25, -0.2) is 17.2 Å². The molecular weight excluding hydrogens is 350 g/mol. The second-order valence-electron chi connectivity index (χ2n) is 6.47. The zero-order chi connectivity index (χ0) is 18.8. The van der Waals surface area contributed by atoms with E-state index in [4.69, 9.17) is 0 Å². The van der Waals surface area contributed by atoms with E-state index in [9.17, 15) is 22.0 Å². The van der Waals surface area contributed by atoms with Gasteiger partial charge in [-0.1, -0.05) is 6.07 Å². The molecule has 25 heavy (non-hydrogen) atoms. The van der Waals surface area contributed by atoms with Crippen molar-refractivity contribution in [3.63, 3.8) is 0 Å². The van der Waals surface area contributed by atoms with Crippen LogP contribution in [-0.2, 0) is 10.0 Å². The van der Waals surface area contributed by atoms with Crippen molar-refractivity contribution in [2.75, 3.05) is 4.72 Å². The highest BCUT2D eigenvalue weighted by Gasteiger charge is 2.19. The van der Waals surface area contributed by atoms with Gasteiger partial charge in [-0.05, 0) is 51.1 Å². The van der Waals surface area contributed by atoms with Crippen molar-refractivity contribution >= 4 is 21.6 Å². The van der Waals surface area contributed by atoms with Crippen LogP contribution >= 0.6 is 0 Å². The second kappa shape index (κ2) is 6.79. The summed E-state index contributed by atoms with van der Waals surface area (Å²) in [5, 5.41) is 2.73. The quantitative estimate of drug-likeness (QED) is 0.870. The topological polar surface area (TPSA) is 75.3 Å². The first-order valence-corrected chi connectivity index (χ1v) is 8.87. The van der Waals surface area contributed by atoms with Gasteiger partial charge in [0.1, 0.15) is 0 Å². The molecule has 0 aliphatic heterocycles. The van der Waals surface area contributed by atoms with E-state index in [1.165, 1.54) is 24.3 Å². The molecule has 0 fully saturated rings. The number of amides is 1. The minimum absolute atomic E-state index is 0.122. The summed E-state index contributed by atoms with van der Waals surface area (Å²) in [5.74, 6) is -2.67. The molecule has 2 rings (SSSR count). The number of carbonyl (C=O) groups is 1. The molecule has 8 heteroatoms. The summed E-state index contributed by atoms with van der Waals surface area (Å²) < 4.78 is 53.1. The van der Waals surface area contributed by atoms with Crippen molar-refractivity contribution in [1.29, 1.82) is 0 Å². The van der Waals surface area contributed by atoms with Gasteiger partial charge < -0.3 is 5.32 Å². The fourth-order valence-corrected chi connectivity index (χ4v) is 3.09. The van der Waals surface area contributed by atoms with E-state index in [1.807, 2.05) is 0 Å². The van der Waals surface area contributed by atoms with Crippen LogP contribution in [0.5, 0.6) is 0 Å². The van der Waals surface area contributed by atoms with Crippen LogP contribution in [-0.4, -0.2) is 19.9 Å². The number of benzene rings is 2. The maximum Gasteiger partial charge on any atom is 0.261 e. The van der Waals surface area contributed by atoms with Gasteiger partial charge in [0.2, 0.25) is 0 Å². The van der Waals surface area contributed by atoms with E-state index in [0.717, 1.165) is 18.2 Å². The summed E-state index contributed by atoms with van der Waals surface area (Å²) in [5.41, 5.74) is -0.429. The summed E-state index contributed by atoms with van der Waals surface area (Å²) in [6.07, 6.45) is 0. The number of anilines is 1. The summed E-state index contributed by atoms with van der Waals surface area (Å²) >= 11 is 0. The third-order valence-electron chi connectivity index (χ3n) is 3.07. The minimum Gasteiger partial charge on any atom is -0.347 e. The largest absolute Gasteiger partial charge is 0.347 e. The maximum atomic E-state index is 13.2. The third kappa shape index (κ3) is 4.99. The number of sulfonamides is 1. The molecule has 0 atom stereocenters. The van der Waals surface area contributed by atoms with E-state index in [-0.39, 0.29) is 16.1 Å². The highest BCUT2D eigenvalue weighted by atomic mass is 32.2. The van der Waals surface area contributed by atoms with E-state index < -0.39 is 33.1 Å². The van der Waals surface area contributed by atoms with Crippen molar-refractivity contribution < 1.29 is 22.0 Å². The molecule has 5 nitrogen and oxygen atoms in total. The normalized spacial score (nSPS) is 11.9. The predicted molar refractivity (Wildman–Crippen MR) is 90.8 cm³/mol. The van der Waals surface area contributed by atoms with Gasteiger partial charge in [0.25, 0.3) is 15.9 Å². The molecule has 0 aliphatic carbocycles. The number of hydrogen-bond donors (Lipinski definition) is 2. The molecule has 0 saturated carbocycles. The number of rotatable bonds is 4. The molecule has 2 N–H and O–H groups in total. The van der Waals surface area contributed by atoms with E-state index in [1.54, 1.807) is 20.8 Å². The van der Waals surface area contributed by atoms with Crippen LogP contribution < -0.4 is 10.0 Å². The molecule has 0 saturated heterocycles.